The number of nitrogens with two attached hydrogens (primary N) is 3. The molecule has 0 heterocycles. The minimum atomic E-state index is -1.23. The molecular formula is C9H27N3O6Zr. The minimum absolute atomic E-state index is 0. The smallest absolute Gasteiger partial charge is 0.332 e. The number of rotatable bonds is 4. The Hall–Kier alpha value is 0.0731. The van der Waals surface area contributed by atoms with E-state index in [0.29, 0.717) is 19.6 Å². The van der Waals surface area contributed by atoms with Gasteiger partial charge in [-0.2, -0.15) is 0 Å². The molecule has 118 valence electrons. The number of aliphatic carboxylic acids is 1. The number of carbonyl (C=O) groups is 1. The molecule has 0 amide bonds. The summed E-state index contributed by atoms with van der Waals surface area (Å²) in [5.74, 6) is -1.19. The predicted molar refractivity (Wildman–Crippen MR) is 67.7 cm³/mol. The van der Waals surface area contributed by atoms with Gasteiger partial charge in [0.25, 0.3) is 0 Å². The van der Waals surface area contributed by atoms with Crippen molar-refractivity contribution in [2.75, 3.05) is 39.5 Å². The first-order valence-electron chi connectivity index (χ1n) is 5.23. The van der Waals surface area contributed by atoms with Gasteiger partial charge in [-0.3, -0.25) is 0 Å². The molecular weight excluding hydrogens is 337 g/mol. The van der Waals surface area contributed by atoms with Gasteiger partial charge in [-0.1, -0.05) is 0 Å². The third-order valence-corrected chi connectivity index (χ3v) is 0.745. The number of carboxylic acid groups (broad SMARTS) is 1. The van der Waals surface area contributed by atoms with E-state index >= 15 is 0 Å². The second-order valence-electron chi connectivity index (χ2n) is 2.55. The average Bonchev–Trinajstić information content (AvgIpc) is 2.39. The third kappa shape index (κ3) is 93.3. The maximum absolute atomic E-state index is 9.45. The third-order valence-electron chi connectivity index (χ3n) is 0.745. The van der Waals surface area contributed by atoms with Crippen LogP contribution in [0.25, 0.3) is 0 Å². The van der Waals surface area contributed by atoms with Gasteiger partial charge in [-0.25, -0.2) is 4.79 Å². The van der Waals surface area contributed by atoms with E-state index < -0.39 is 12.1 Å². The van der Waals surface area contributed by atoms with Crippen LogP contribution in [0.15, 0.2) is 0 Å². The minimum Gasteiger partial charge on any atom is -0.479 e. The predicted octanol–water partition coefficient (Wildman–Crippen LogP) is -3.74. The van der Waals surface area contributed by atoms with Crippen molar-refractivity contribution in [2.24, 2.45) is 17.2 Å². The van der Waals surface area contributed by atoms with Crippen LogP contribution < -0.4 is 17.2 Å². The van der Waals surface area contributed by atoms with Crippen LogP contribution in [-0.2, 0) is 31.0 Å². The number of carboxylic acids is 1. The Morgan fingerprint density at radius 3 is 1.05 bits per heavy atom. The molecule has 0 aliphatic rings. The zero-order valence-electron chi connectivity index (χ0n) is 11.2. The standard InChI is InChI=1S/C3H6O3.3C2H7NO.Zr/c1-2(4)3(5)6;3*3-1-2-4;/h2,4H,1H3,(H,5,6);3*4H,1-3H2;. The van der Waals surface area contributed by atoms with Gasteiger partial charge in [-0.15, -0.1) is 0 Å². The van der Waals surface area contributed by atoms with E-state index in [1.54, 1.807) is 0 Å². The molecule has 1 unspecified atom stereocenters. The monoisotopic (exact) mass is 363 g/mol. The Morgan fingerprint density at radius 2 is 1.05 bits per heavy atom. The molecule has 0 bridgehead atoms. The van der Waals surface area contributed by atoms with Crippen LogP contribution >= 0.6 is 0 Å². The van der Waals surface area contributed by atoms with Crippen molar-refractivity contribution in [1.82, 2.24) is 0 Å². The molecule has 0 aromatic heterocycles. The maximum Gasteiger partial charge on any atom is 0.332 e. The van der Waals surface area contributed by atoms with Gasteiger partial charge >= 0.3 is 5.97 Å². The van der Waals surface area contributed by atoms with E-state index in [1.807, 2.05) is 0 Å². The topological polar surface area (TPSA) is 196 Å². The summed E-state index contributed by atoms with van der Waals surface area (Å²) in [5, 5.41) is 39.0. The molecule has 0 saturated heterocycles. The van der Waals surface area contributed by atoms with Crippen LogP contribution in [0.3, 0.4) is 0 Å². The van der Waals surface area contributed by atoms with Crippen molar-refractivity contribution in [2.45, 2.75) is 13.0 Å². The summed E-state index contributed by atoms with van der Waals surface area (Å²) in [5.41, 5.74) is 14.3. The second kappa shape index (κ2) is 36.1. The van der Waals surface area contributed by atoms with Gasteiger partial charge in [0, 0.05) is 45.8 Å². The van der Waals surface area contributed by atoms with Gasteiger partial charge in [-0.05, 0) is 6.92 Å². The summed E-state index contributed by atoms with van der Waals surface area (Å²) in [6.07, 6.45) is -1.23. The fourth-order valence-corrected chi connectivity index (χ4v) is 0. The second-order valence-corrected chi connectivity index (χ2v) is 2.55. The Balaban J connectivity index is -0.0000000459. The number of hydrogen-bond donors (Lipinski definition) is 8. The van der Waals surface area contributed by atoms with Gasteiger partial charge in [0.05, 0.1) is 19.8 Å². The average molecular weight is 365 g/mol. The first-order valence-corrected chi connectivity index (χ1v) is 5.23. The molecule has 9 nitrogen and oxygen atoms in total. The fraction of sp³-hybridized carbons (Fsp3) is 0.889. The number of aliphatic hydroxyl groups excluding tert-OH is 4. The maximum atomic E-state index is 9.45. The normalized spacial score (nSPS) is 9.05. The van der Waals surface area contributed by atoms with Gasteiger partial charge < -0.3 is 42.7 Å². The molecule has 0 aliphatic carbocycles. The Bertz CT molecular complexity index is 128. The largest absolute Gasteiger partial charge is 0.479 e. The molecule has 0 aromatic carbocycles. The van der Waals surface area contributed by atoms with E-state index in [1.165, 1.54) is 6.92 Å². The number of aliphatic hydroxyl groups is 4. The van der Waals surface area contributed by atoms with Gasteiger partial charge in [0.1, 0.15) is 6.10 Å². The fourth-order valence-electron chi connectivity index (χ4n) is 0. The van der Waals surface area contributed by atoms with Crippen molar-refractivity contribution >= 4 is 5.97 Å². The molecule has 11 N–H and O–H groups in total. The van der Waals surface area contributed by atoms with Crippen LogP contribution in [0, 0.1) is 0 Å². The van der Waals surface area contributed by atoms with E-state index in [4.69, 9.17) is 42.7 Å². The van der Waals surface area contributed by atoms with E-state index in [-0.39, 0.29) is 46.0 Å². The molecule has 0 aromatic rings. The summed E-state index contributed by atoms with van der Waals surface area (Å²) in [7, 11) is 0. The summed E-state index contributed by atoms with van der Waals surface area (Å²) in [6.45, 7) is 2.61. The molecule has 0 rings (SSSR count). The summed E-state index contributed by atoms with van der Waals surface area (Å²) in [6, 6.07) is 0. The van der Waals surface area contributed by atoms with Crippen LogP contribution in [0.2, 0.25) is 0 Å². The molecule has 0 spiro atoms. The first kappa shape index (κ1) is 31.5. The van der Waals surface area contributed by atoms with Crippen molar-refractivity contribution in [3.05, 3.63) is 0 Å². The van der Waals surface area contributed by atoms with Crippen LogP contribution in [-0.4, -0.2) is 77.1 Å². The molecule has 19 heavy (non-hydrogen) atoms. The Morgan fingerprint density at radius 1 is 0.947 bits per heavy atom. The molecule has 0 saturated carbocycles. The molecule has 0 aliphatic heterocycles. The van der Waals surface area contributed by atoms with Crippen molar-refractivity contribution < 1.29 is 56.5 Å². The first-order chi connectivity index (χ1) is 8.39. The zero-order valence-corrected chi connectivity index (χ0v) is 13.7. The Kier molecular flexibility index (Phi) is 59.8. The van der Waals surface area contributed by atoms with E-state index in [0.717, 1.165) is 0 Å². The summed E-state index contributed by atoms with van der Waals surface area (Å²) in [4.78, 5) is 9.45. The van der Waals surface area contributed by atoms with Crippen molar-refractivity contribution in [1.29, 1.82) is 0 Å². The Labute approximate surface area is 132 Å². The quantitative estimate of drug-likeness (QED) is 0.247. The van der Waals surface area contributed by atoms with Crippen molar-refractivity contribution in [3.63, 3.8) is 0 Å². The van der Waals surface area contributed by atoms with Crippen LogP contribution in [0.1, 0.15) is 6.92 Å². The van der Waals surface area contributed by atoms with E-state index in [2.05, 4.69) is 0 Å². The van der Waals surface area contributed by atoms with Crippen LogP contribution in [0.4, 0.5) is 0 Å². The molecule has 1 atom stereocenters. The van der Waals surface area contributed by atoms with Crippen molar-refractivity contribution in [3.8, 4) is 0 Å². The number of hydrogen-bond acceptors (Lipinski definition) is 8. The van der Waals surface area contributed by atoms with Gasteiger partial charge in [0.2, 0.25) is 0 Å². The molecule has 10 heteroatoms. The van der Waals surface area contributed by atoms with E-state index in [9.17, 15) is 4.79 Å². The molecule has 0 fully saturated rings. The van der Waals surface area contributed by atoms with Gasteiger partial charge in [0.15, 0.2) is 0 Å². The summed E-state index contributed by atoms with van der Waals surface area (Å²) < 4.78 is 0. The SMILES string of the molecule is CC(O)C(=O)O.NCCO.NCCO.NCCO.[Zr]. The molecule has 0 radical (unpaired) electrons. The summed E-state index contributed by atoms with van der Waals surface area (Å²) >= 11 is 0. The zero-order chi connectivity index (χ0) is 15.4. The van der Waals surface area contributed by atoms with Crippen LogP contribution in [0.5, 0.6) is 0 Å².